The van der Waals surface area contributed by atoms with E-state index in [4.69, 9.17) is 9.88 Å². The molecule has 0 radical (unpaired) electrons. The van der Waals surface area contributed by atoms with E-state index in [-0.39, 0.29) is 23.3 Å². The van der Waals surface area contributed by atoms with E-state index in [1.54, 1.807) is 54.6 Å². The second-order valence-corrected chi connectivity index (χ2v) is 11.0. The SMILES string of the molecule is COC(=O)c1ccc(CNC(=O)[C@@H]2CCCC2C(=O)NCc2ccc(-c3ccccc3S(N)(=O)=O)cc2)cc1. The van der Waals surface area contributed by atoms with Crippen LogP contribution in [0.3, 0.4) is 0 Å². The predicted octanol–water partition coefficient (Wildman–Crippen LogP) is 3.14. The van der Waals surface area contributed by atoms with E-state index in [9.17, 15) is 22.8 Å². The van der Waals surface area contributed by atoms with Crippen molar-refractivity contribution in [2.45, 2.75) is 37.2 Å². The Hall–Kier alpha value is -4.02. The predicted molar refractivity (Wildman–Crippen MR) is 146 cm³/mol. The molecule has 1 aliphatic rings. The van der Waals surface area contributed by atoms with Crippen LogP contribution >= 0.6 is 0 Å². The molecule has 1 saturated carbocycles. The number of primary sulfonamides is 1. The number of esters is 1. The first-order valence-electron chi connectivity index (χ1n) is 12.6. The number of nitrogens with two attached hydrogens (primary N) is 1. The van der Waals surface area contributed by atoms with Crippen molar-refractivity contribution in [1.82, 2.24) is 10.6 Å². The van der Waals surface area contributed by atoms with Crippen molar-refractivity contribution in [3.63, 3.8) is 0 Å². The third-order valence-electron chi connectivity index (χ3n) is 6.96. The quantitative estimate of drug-likeness (QED) is 0.350. The lowest BCUT2D eigenvalue weighted by Gasteiger charge is -2.19. The first kappa shape index (κ1) is 28.0. The van der Waals surface area contributed by atoms with Gasteiger partial charge in [0.1, 0.15) is 0 Å². The van der Waals surface area contributed by atoms with Crippen molar-refractivity contribution < 1.29 is 27.5 Å². The fraction of sp³-hybridized carbons (Fsp3) is 0.276. The molecule has 204 valence electrons. The molecular weight excluding hydrogens is 518 g/mol. The Bertz CT molecular complexity index is 1450. The van der Waals surface area contributed by atoms with E-state index in [0.717, 1.165) is 17.5 Å². The van der Waals surface area contributed by atoms with Crippen LogP contribution in [0, 0.1) is 11.8 Å². The molecule has 0 aliphatic heterocycles. The van der Waals surface area contributed by atoms with Gasteiger partial charge in [-0.2, -0.15) is 0 Å². The standard InChI is InChI=1S/C29H31N3O6S/c1-38-29(35)22-15-11-20(12-16-22)18-32-28(34)25-7-4-6-24(25)27(33)31-17-19-9-13-21(14-10-19)23-5-2-3-8-26(23)39(30,36)37/h2-3,5,8-16,24-25H,4,6-7,17-18H2,1H3,(H,31,33)(H,32,34)(H2,30,36,37)/t24?,25-/m1/s1. The van der Waals surface area contributed by atoms with Crippen LogP contribution in [0.15, 0.2) is 77.7 Å². The molecular formula is C29H31N3O6S. The molecule has 0 aromatic heterocycles. The highest BCUT2D eigenvalue weighted by atomic mass is 32.2. The number of methoxy groups -OCH3 is 1. The summed E-state index contributed by atoms with van der Waals surface area (Å²) in [5.41, 5.74) is 3.32. The van der Waals surface area contributed by atoms with Crippen LogP contribution < -0.4 is 15.8 Å². The maximum absolute atomic E-state index is 13.0. The van der Waals surface area contributed by atoms with Gasteiger partial charge in [-0.05, 0) is 47.7 Å². The molecule has 4 N–H and O–H groups in total. The van der Waals surface area contributed by atoms with Crippen molar-refractivity contribution in [3.05, 3.63) is 89.5 Å². The summed E-state index contributed by atoms with van der Waals surface area (Å²) < 4.78 is 28.5. The van der Waals surface area contributed by atoms with Gasteiger partial charge >= 0.3 is 5.97 Å². The van der Waals surface area contributed by atoms with Gasteiger partial charge in [0.2, 0.25) is 21.8 Å². The van der Waals surface area contributed by atoms with Crippen LogP contribution in [0.5, 0.6) is 0 Å². The molecule has 3 aromatic carbocycles. The van der Waals surface area contributed by atoms with Crippen molar-refractivity contribution in [1.29, 1.82) is 0 Å². The maximum atomic E-state index is 13.0. The molecule has 1 aliphatic carbocycles. The molecule has 39 heavy (non-hydrogen) atoms. The molecule has 0 heterocycles. The van der Waals surface area contributed by atoms with Gasteiger partial charge < -0.3 is 15.4 Å². The highest BCUT2D eigenvalue weighted by molar-refractivity contribution is 7.89. The Morgan fingerprint density at radius 3 is 1.85 bits per heavy atom. The van der Waals surface area contributed by atoms with Gasteiger partial charge in [0.25, 0.3) is 0 Å². The maximum Gasteiger partial charge on any atom is 0.337 e. The highest BCUT2D eigenvalue weighted by Gasteiger charge is 2.37. The van der Waals surface area contributed by atoms with Crippen LogP contribution in [-0.2, 0) is 37.4 Å². The Kier molecular flexibility index (Phi) is 8.78. The molecule has 1 unspecified atom stereocenters. The monoisotopic (exact) mass is 549 g/mol. The number of benzene rings is 3. The highest BCUT2D eigenvalue weighted by Crippen LogP contribution is 2.32. The van der Waals surface area contributed by atoms with Crippen molar-refractivity contribution in [3.8, 4) is 11.1 Å². The van der Waals surface area contributed by atoms with Crippen LogP contribution in [0.25, 0.3) is 11.1 Å². The van der Waals surface area contributed by atoms with E-state index in [2.05, 4.69) is 10.6 Å². The number of hydrogen-bond donors (Lipinski definition) is 3. The number of ether oxygens (including phenoxy) is 1. The number of sulfonamides is 1. The lowest BCUT2D eigenvalue weighted by molar-refractivity contribution is -0.133. The third kappa shape index (κ3) is 6.90. The Labute approximate surface area is 227 Å². The second-order valence-electron chi connectivity index (χ2n) is 9.51. The molecule has 2 atom stereocenters. The van der Waals surface area contributed by atoms with E-state index in [1.807, 2.05) is 12.1 Å². The van der Waals surface area contributed by atoms with Gasteiger partial charge in [-0.15, -0.1) is 0 Å². The van der Waals surface area contributed by atoms with Crippen LogP contribution in [0.1, 0.15) is 40.7 Å². The van der Waals surface area contributed by atoms with E-state index < -0.39 is 27.8 Å². The molecule has 0 spiro atoms. The lowest BCUT2D eigenvalue weighted by Crippen LogP contribution is -2.39. The molecule has 0 saturated heterocycles. The third-order valence-corrected chi connectivity index (χ3v) is 7.93. The van der Waals surface area contributed by atoms with Gasteiger partial charge in [-0.3, -0.25) is 9.59 Å². The molecule has 9 nitrogen and oxygen atoms in total. The fourth-order valence-electron chi connectivity index (χ4n) is 4.86. The van der Waals surface area contributed by atoms with Crippen LogP contribution in [0.4, 0.5) is 0 Å². The molecule has 0 bridgehead atoms. The number of rotatable bonds is 9. The minimum Gasteiger partial charge on any atom is -0.465 e. The summed E-state index contributed by atoms with van der Waals surface area (Å²) in [5.74, 6) is -1.57. The molecule has 4 rings (SSSR count). The summed E-state index contributed by atoms with van der Waals surface area (Å²) in [6.07, 6.45) is 2.08. The Morgan fingerprint density at radius 1 is 0.821 bits per heavy atom. The molecule has 10 heteroatoms. The summed E-state index contributed by atoms with van der Waals surface area (Å²) in [5, 5.41) is 11.2. The topological polar surface area (TPSA) is 145 Å². The van der Waals surface area contributed by atoms with Gasteiger partial charge in [-0.25, -0.2) is 18.4 Å². The molecule has 2 amide bonds. The molecule has 3 aromatic rings. The second kappa shape index (κ2) is 12.2. The zero-order valence-corrected chi connectivity index (χ0v) is 22.4. The van der Waals surface area contributed by atoms with E-state index in [0.29, 0.717) is 36.1 Å². The van der Waals surface area contributed by atoms with Gasteiger partial charge in [0, 0.05) is 30.5 Å². The summed E-state index contributed by atoms with van der Waals surface area (Å²) >= 11 is 0. The minimum atomic E-state index is -3.87. The number of carbonyl (C=O) groups excluding carboxylic acids is 3. The minimum absolute atomic E-state index is 0.0508. The van der Waals surface area contributed by atoms with Crippen molar-refractivity contribution in [2.24, 2.45) is 17.0 Å². The Morgan fingerprint density at radius 2 is 1.33 bits per heavy atom. The van der Waals surface area contributed by atoms with Crippen molar-refractivity contribution >= 4 is 27.8 Å². The number of carbonyl (C=O) groups is 3. The van der Waals surface area contributed by atoms with Gasteiger partial charge in [0.05, 0.1) is 17.6 Å². The van der Waals surface area contributed by atoms with Crippen LogP contribution in [0.2, 0.25) is 0 Å². The first-order valence-corrected chi connectivity index (χ1v) is 14.2. The van der Waals surface area contributed by atoms with Gasteiger partial charge in [-0.1, -0.05) is 61.0 Å². The van der Waals surface area contributed by atoms with E-state index >= 15 is 0 Å². The number of amides is 2. The normalized spacial score (nSPS) is 16.9. The summed E-state index contributed by atoms with van der Waals surface area (Å²) in [6, 6.07) is 20.5. The molecule has 1 fully saturated rings. The average Bonchev–Trinajstić information content (AvgIpc) is 3.45. The zero-order valence-electron chi connectivity index (χ0n) is 21.6. The lowest BCUT2D eigenvalue weighted by atomic mass is 9.94. The first-order chi connectivity index (χ1) is 18.7. The largest absolute Gasteiger partial charge is 0.465 e. The van der Waals surface area contributed by atoms with E-state index in [1.165, 1.54) is 13.2 Å². The van der Waals surface area contributed by atoms with Crippen molar-refractivity contribution in [2.75, 3.05) is 7.11 Å². The Balaban J connectivity index is 1.32. The van der Waals surface area contributed by atoms with Gasteiger partial charge in [0.15, 0.2) is 0 Å². The average molecular weight is 550 g/mol. The summed E-state index contributed by atoms with van der Waals surface area (Å²) in [7, 11) is -2.55. The number of hydrogen-bond acceptors (Lipinski definition) is 6. The number of nitrogens with one attached hydrogen (secondary N) is 2. The summed E-state index contributed by atoms with van der Waals surface area (Å²) in [4.78, 5) is 37.5. The smallest absolute Gasteiger partial charge is 0.337 e. The summed E-state index contributed by atoms with van der Waals surface area (Å²) in [6.45, 7) is 0.583. The zero-order chi connectivity index (χ0) is 28.0. The van der Waals surface area contributed by atoms with Crippen LogP contribution in [-0.4, -0.2) is 33.3 Å². The fourth-order valence-corrected chi connectivity index (χ4v) is 5.62.